The number of rotatable bonds is 2. The van der Waals surface area contributed by atoms with Gasteiger partial charge in [-0.2, -0.15) is 0 Å². The van der Waals surface area contributed by atoms with E-state index in [2.05, 4.69) is 22.0 Å². The first-order valence-electron chi connectivity index (χ1n) is 4.74. The fraction of sp³-hybridized carbons (Fsp3) is 0.364. The molecule has 0 spiro atoms. The van der Waals surface area contributed by atoms with E-state index in [4.69, 9.17) is 5.11 Å². The van der Waals surface area contributed by atoms with Crippen LogP contribution >= 0.6 is 27.7 Å². The molecule has 1 aromatic carbocycles. The highest BCUT2D eigenvalue weighted by atomic mass is 79.9. The zero-order valence-electron chi connectivity index (χ0n) is 8.24. The Hall–Kier alpha value is -0.480. The Balaban J connectivity index is 2.35. The Kier molecular flexibility index (Phi) is 3.07. The second-order valence-electron chi connectivity index (χ2n) is 3.73. The molecule has 0 aliphatic carbocycles. The number of carboxylic acids is 1. The molecule has 1 heterocycles. The molecule has 2 rings (SSSR count). The second-order valence-corrected chi connectivity index (χ2v) is 5.70. The molecular formula is C11H11BrO2S. The summed E-state index contributed by atoms with van der Waals surface area (Å²) in [6.07, 6.45) is 0. The number of aliphatic carboxylic acids is 1. The van der Waals surface area contributed by atoms with E-state index in [1.54, 1.807) is 18.7 Å². The number of carbonyl (C=O) groups is 1. The van der Waals surface area contributed by atoms with Gasteiger partial charge in [-0.15, -0.1) is 11.8 Å². The van der Waals surface area contributed by atoms with Gasteiger partial charge in [-0.1, -0.05) is 22.9 Å². The normalized spacial score (nSPS) is 21.1. The molecule has 1 aliphatic rings. The van der Waals surface area contributed by atoms with Crippen molar-refractivity contribution in [1.29, 1.82) is 0 Å². The van der Waals surface area contributed by atoms with Gasteiger partial charge in [-0.3, -0.25) is 4.79 Å². The molecular weight excluding hydrogens is 276 g/mol. The molecule has 0 aromatic heterocycles. The van der Waals surface area contributed by atoms with Crippen LogP contribution in [0.2, 0.25) is 0 Å². The van der Waals surface area contributed by atoms with E-state index in [1.165, 1.54) is 10.5 Å². The van der Waals surface area contributed by atoms with E-state index >= 15 is 0 Å². The molecule has 1 N–H and O–H groups in total. The van der Waals surface area contributed by atoms with Crippen molar-refractivity contribution in [2.75, 3.05) is 5.75 Å². The number of carboxylic acid groups (broad SMARTS) is 1. The molecule has 0 amide bonds. The molecule has 1 aromatic rings. The van der Waals surface area contributed by atoms with E-state index in [1.807, 2.05) is 12.1 Å². The number of thioether (sulfide) groups is 1. The fourth-order valence-electron chi connectivity index (χ4n) is 1.80. The van der Waals surface area contributed by atoms with Crippen molar-refractivity contribution < 1.29 is 9.90 Å². The first-order valence-corrected chi connectivity index (χ1v) is 6.52. The Bertz CT molecular complexity index is 406. The van der Waals surface area contributed by atoms with Crippen LogP contribution < -0.4 is 0 Å². The van der Waals surface area contributed by atoms with E-state index in [0.29, 0.717) is 0 Å². The van der Waals surface area contributed by atoms with Gasteiger partial charge in [0.2, 0.25) is 0 Å². The van der Waals surface area contributed by atoms with Gasteiger partial charge >= 0.3 is 5.97 Å². The lowest BCUT2D eigenvalue weighted by atomic mass is 9.89. The second kappa shape index (κ2) is 4.18. The topological polar surface area (TPSA) is 37.3 Å². The Morgan fingerprint density at radius 1 is 1.67 bits per heavy atom. The van der Waals surface area contributed by atoms with Gasteiger partial charge in [0.05, 0.1) is 5.92 Å². The quantitative estimate of drug-likeness (QED) is 0.906. The van der Waals surface area contributed by atoms with E-state index in [0.717, 1.165) is 10.2 Å². The van der Waals surface area contributed by atoms with Gasteiger partial charge in [-0.25, -0.2) is 0 Å². The molecule has 0 saturated carbocycles. The molecule has 4 heteroatoms. The van der Waals surface area contributed by atoms with E-state index in [9.17, 15) is 4.79 Å². The largest absolute Gasteiger partial charge is 0.481 e. The molecule has 0 fully saturated rings. The van der Waals surface area contributed by atoms with Crippen LogP contribution in [0.25, 0.3) is 0 Å². The van der Waals surface area contributed by atoms with Crippen molar-refractivity contribution >= 4 is 33.7 Å². The zero-order valence-corrected chi connectivity index (χ0v) is 10.6. The average Bonchev–Trinajstić information content (AvgIpc) is 2.59. The van der Waals surface area contributed by atoms with Crippen molar-refractivity contribution in [3.05, 3.63) is 28.2 Å². The third-order valence-electron chi connectivity index (χ3n) is 2.78. The van der Waals surface area contributed by atoms with Crippen molar-refractivity contribution in [2.45, 2.75) is 17.7 Å². The highest BCUT2D eigenvalue weighted by Crippen LogP contribution is 2.44. The maximum atomic E-state index is 11.0. The summed E-state index contributed by atoms with van der Waals surface area (Å²) < 4.78 is 1.02. The van der Waals surface area contributed by atoms with Crippen LogP contribution in [0.15, 0.2) is 27.6 Å². The molecule has 1 aliphatic heterocycles. The lowest BCUT2D eigenvalue weighted by Gasteiger charge is -2.15. The molecule has 2 unspecified atom stereocenters. The third kappa shape index (κ3) is 2.06. The van der Waals surface area contributed by atoms with Crippen LogP contribution in [0.3, 0.4) is 0 Å². The molecule has 15 heavy (non-hydrogen) atoms. The summed E-state index contributed by atoms with van der Waals surface area (Å²) in [5.74, 6) is -0.0133. The summed E-state index contributed by atoms with van der Waals surface area (Å²) in [6.45, 7) is 1.78. The van der Waals surface area contributed by atoms with Crippen LogP contribution in [-0.4, -0.2) is 16.8 Å². The number of benzene rings is 1. The highest BCUT2D eigenvalue weighted by Gasteiger charge is 2.31. The van der Waals surface area contributed by atoms with Crippen LogP contribution in [0.4, 0.5) is 0 Å². The summed E-state index contributed by atoms with van der Waals surface area (Å²) in [5.41, 5.74) is 1.17. The number of fused-ring (bicyclic) bond motifs is 1. The molecule has 0 bridgehead atoms. The van der Waals surface area contributed by atoms with Crippen LogP contribution in [-0.2, 0) is 4.79 Å². The van der Waals surface area contributed by atoms with E-state index < -0.39 is 5.97 Å². The number of halogens is 1. The standard InChI is InChI=1S/C11H11BrO2S/c1-6(11(13)14)9-5-15-10-3-2-7(12)4-8(9)10/h2-4,6,9H,5H2,1H3,(H,13,14). The average molecular weight is 287 g/mol. The molecule has 0 saturated heterocycles. The minimum absolute atomic E-state index is 0.139. The lowest BCUT2D eigenvalue weighted by Crippen LogP contribution is -2.18. The van der Waals surface area contributed by atoms with Crippen LogP contribution in [0, 0.1) is 5.92 Å². The zero-order chi connectivity index (χ0) is 11.0. The van der Waals surface area contributed by atoms with Gasteiger partial charge < -0.3 is 5.11 Å². The first kappa shape index (κ1) is 11.0. The van der Waals surface area contributed by atoms with Gasteiger partial charge in [0.15, 0.2) is 0 Å². The maximum Gasteiger partial charge on any atom is 0.306 e. The van der Waals surface area contributed by atoms with Crippen molar-refractivity contribution in [1.82, 2.24) is 0 Å². The highest BCUT2D eigenvalue weighted by molar-refractivity contribution is 9.10. The Morgan fingerprint density at radius 3 is 3.07 bits per heavy atom. The Labute approximate surface area is 101 Å². The predicted octanol–water partition coefficient (Wildman–Crippen LogP) is 3.36. The van der Waals surface area contributed by atoms with Gasteiger partial charge in [0.25, 0.3) is 0 Å². The minimum atomic E-state index is -0.714. The van der Waals surface area contributed by atoms with Gasteiger partial charge in [-0.05, 0) is 23.8 Å². The van der Waals surface area contributed by atoms with Gasteiger partial charge in [0.1, 0.15) is 0 Å². The molecule has 80 valence electrons. The van der Waals surface area contributed by atoms with Crippen LogP contribution in [0.1, 0.15) is 18.4 Å². The van der Waals surface area contributed by atoms with Crippen molar-refractivity contribution in [2.24, 2.45) is 5.92 Å². The van der Waals surface area contributed by atoms with Crippen molar-refractivity contribution in [3.63, 3.8) is 0 Å². The lowest BCUT2D eigenvalue weighted by molar-refractivity contribution is -0.141. The van der Waals surface area contributed by atoms with Gasteiger partial charge in [0, 0.05) is 21.0 Å². The summed E-state index contributed by atoms with van der Waals surface area (Å²) in [5, 5.41) is 9.02. The predicted molar refractivity (Wildman–Crippen MR) is 64.4 cm³/mol. The SMILES string of the molecule is CC(C(=O)O)C1CSc2ccc(Br)cc21. The molecule has 2 atom stereocenters. The van der Waals surface area contributed by atoms with E-state index in [-0.39, 0.29) is 11.8 Å². The fourth-order valence-corrected chi connectivity index (χ4v) is 3.54. The summed E-state index contributed by atoms with van der Waals surface area (Å²) in [4.78, 5) is 12.2. The van der Waals surface area contributed by atoms with Crippen molar-refractivity contribution in [3.8, 4) is 0 Å². The summed E-state index contributed by atoms with van der Waals surface area (Å²) in [6, 6.07) is 6.09. The minimum Gasteiger partial charge on any atom is -0.481 e. The van der Waals surface area contributed by atoms with Crippen LogP contribution in [0.5, 0.6) is 0 Å². The smallest absolute Gasteiger partial charge is 0.306 e. The monoisotopic (exact) mass is 286 g/mol. The summed E-state index contributed by atoms with van der Waals surface area (Å²) in [7, 11) is 0. The molecule has 2 nitrogen and oxygen atoms in total. The number of hydrogen-bond acceptors (Lipinski definition) is 2. The Morgan fingerprint density at radius 2 is 2.40 bits per heavy atom. The summed E-state index contributed by atoms with van der Waals surface area (Å²) >= 11 is 5.17. The number of hydrogen-bond donors (Lipinski definition) is 1. The first-order chi connectivity index (χ1) is 7.09. The third-order valence-corrected chi connectivity index (χ3v) is 4.48. The maximum absolute atomic E-state index is 11.0. The molecule has 0 radical (unpaired) electrons.